The molecule has 2 heterocycles. The summed E-state index contributed by atoms with van der Waals surface area (Å²) in [5.74, 6) is -0.0379. The molecule has 2 aromatic rings. The van der Waals surface area contributed by atoms with Gasteiger partial charge in [0, 0.05) is 7.05 Å². The van der Waals surface area contributed by atoms with Crippen molar-refractivity contribution in [2.75, 3.05) is 7.05 Å². The lowest BCUT2D eigenvalue weighted by atomic mass is 9.98. The fraction of sp³-hybridized carbons (Fsp3) is 0.188. The molecule has 1 aromatic heterocycles. The summed E-state index contributed by atoms with van der Waals surface area (Å²) in [5, 5.41) is 2.71. The molecule has 1 aromatic carbocycles. The number of carbonyl (C=O) groups is 1. The van der Waals surface area contributed by atoms with Crippen LogP contribution >= 0.6 is 0 Å². The highest BCUT2D eigenvalue weighted by atomic mass is 19.4. The van der Waals surface area contributed by atoms with Crippen molar-refractivity contribution in [3.63, 3.8) is 0 Å². The van der Waals surface area contributed by atoms with E-state index in [4.69, 9.17) is 9.15 Å². The van der Waals surface area contributed by atoms with Gasteiger partial charge in [0.1, 0.15) is 0 Å². The Morgan fingerprint density at radius 2 is 1.96 bits per heavy atom. The van der Waals surface area contributed by atoms with Gasteiger partial charge in [-0.3, -0.25) is 4.79 Å². The van der Waals surface area contributed by atoms with Gasteiger partial charge in [0.25, 0.3) is 0 Å². The molecule has 1 aliphatic heterocycles. The second-order valence-corrected chi connectivity index (χ2v) is 4.91. The van der Waals surface area contributed by atoms with E-state index in [1.165, 1.54) is 25.4 Å². The average molecular weight is 323 g/mol. The number of ether oxygens (including phenoxy) is 1. The number of hydrogen-bond donors (Lipinski definition) is 1. The first kappa shape index (κ1) is 15.2. The van der Waals surface area contributed by atoms with Crippen molar-refractivity contribution in [1.82, 2.24) is 5.32 Å². The zero-order valence-corrected chi connectivity index (χ0v) is 12.0. The second-order valence-electron chi connectivity index (χ2n) is 4.91. The Balaban J connectivity index is 2.02. The predicted molar refractivity (Wildman–Crippen MR) is 75.0 cm³/mol. The summed E-state index contributed by atoms with van der Waals surface area (Å²) in [5.41, 5.74) is -0.615. The van der Waals surface area contributed by atoms with Crippen molar-refractivity contribution < 1.29 is 27.1 Å². The van der Waals surface area contributed by atoms with Crippen molar-refractivity contribution in [2.45, 2.75) is 12.3 Å². The van der Waals surface area contributed by atoms with Crippen molar-refractivity contribution in [3.8, 4) is 0 Å². The molecule has 0 radical (unpaired) electrons. The van der Waals surface area contributed by atoms with Gasteiger partial charge in [-0.25, -0.2) is 0 Å². The van der Waals surface area contributed by atoms with Gasteiger partial charge in [0.2, 0.25) is 11.9 Å². The van der Waals surface area contributed by atoms with E-state index in [1.54, 1.807) is 12.1 Å². The number of alkyl halides is 3. The Labute approximate surface area is 129 Å². The molecular weight excluding hydrogens is 311 g/mol. The molecule has 7 heteroatoms. The minimum atomic E-state index is -4.49. The van der Waals surface area contributed by atoms with E-state index in [0.717, 1.165) is 12.1 Å². The lowest BCUT2D eigenvalue weighted by Gasteiger charge is -2.09. The normalized spacial score (nSPS) is 18.3. The lowest BCUT2D eigenvalue weighted by Crippen LogP contribution is -2.10. The zero-order valence-electron chi connectivity index (χ0n) is 12.0. The molecule has 1 N–H and O–H groups in total. The first-order chi connectivity index (χ1) is 10.9. The average Bonchev–Trinajstić information content (AvgIpc) is 3.13. The number of ketones is 1. The summed E-state index contributed by atoms with van der Waals surface area (Å²) in [6.45, 7) is 0. The zero-order chi connectivity index (χ0) is 16.6. The number of furan rings is 1. The van der Waals surface area contributed by atoms with E-state index in [2.05, 4.69) is 5.32 Å². The molecule has 0 fully saturated rings. The third kappa shape index (κ3) is 2.69. The van der Waals surface area contributed by atoms with E-state index in [-0.39, 0.29) is 17.0 Å². The molecule has 4 nitrogen and oxygen atoms in total. The molecule has 0 saturated carbocycles. The van der Waals surface area contributed by atoms with Crippen LogP contribution in [0.2, 0.25) is 0 Å². The van der Waals surface area contributed by atoms with Crippen LogP contribution in [0, 0.1) is 0 Å². The number of benzene rings is 1. The highest BCUT2D eigenvalue weighted by Crippen LogP contribution is 2.38. The number of nitrogens with one attached hydrogen (secondary N) is 1. The van der Waals surface area contributed by atoms with Crippen LogP contribution in [0.1, 0.15) is 23.0 Å². The first-order valence-corrected chi connectivity index (χ1v) is 6.75. The van der Waals surface area contributed by atoms with Gasteiger partial charge in [-0.05, 0) is 29.8 Å². The Kier molecular flexibility index (Phi) is 3.63. The molecule has 3 rings (SSSR count). The summed E-state index contributed by atoms with van der Waals surface area (Å²) in [6.07, 6.45) is -4.09. The van der Waals surface area contributed by atoms with E-state index >= 15 is 0 Å². The van der Waals surface area contributed by atoms with Gasteiger partial charge in [-0.2, -0.15) is 13.2 Å². The van der Waals surface area contributed by atoms with Gasteiger partial charge in [-0.15, -0.1) is 0 Å². The summed E-state index contributed by atoms with van der Waals surface area (Å²) in [6, 6.07) is 7.75. The fourth-order valence-corrected chi connectivity index (χ4v) is 2.41. The third-order valence-corrected chi connectivity index (χ3v) is 3.45. The minimum Gasteiger partial charge on any atom is -0.465 e. The van der Waals surface area contributed by atoms with Crippen LogP contribution in [0.15, 0.2) is 53.0 Å². The Morgan fingerprint density at radius 3 is 2.57 bits per heavy atom. The molecule has 0 saturated heterocycles. The van der Waals surface area contributed by atoms with Crippen LogP contribution < -0.4 is 5.32 Å². The highest BCUT2D eigenvalue weighted by molar-refractivity contribution is 6.25. The number of Topliss-reactive ketones (excluding diaryl/α,β-unsaturated/α-hetero) is 1. The van der Waals surface area contributed by atoms with Gasteiger partial charge in [0.15, 0.2) is 11.6 Å². The van der Waals surface area contributed by atoms with E-state index < -0.39 is 23.6 Å². The van der Waals surface area contributed by atoms with Crippen molar-refractivity contribution in [1.29, 1.82) is 0 Å². The number of hydrogen-bond acceptors (Lipinski definition) is 4. The molecule has 23 heavy (non-hydrogen) atoms. The molecule has 1 atom stereocenters. The molecule has 0 amide bonds. The Hall–Kier alpha value is -2.70. The first-order valence-electron chi connectivity index (χ1n) is 6.75. The van der Waals surface area contributed by atoms with Gasteiger partial charge >= 0.3 is 6.18 Å². The standard InChI is InChI=1S/C16H12F3NO3/c1-20-15-12(9-4-2-5-10(8-9)16(17,18)19)13(21)14(23-15)11-6-3-7-22-11/h2-8,14,20H,1H3. The molecule has 0 bridgehead atoms. The predicted octanol–water partition coefficient (Wildman–Crippen LogP) is 3.53. The van der Waals surface area contributed by atoms with Crippen LogP contribution in [0.4, 0.5) is 13.2 Å². The minimum absolute atomic E-state index is 0.0694. The van der Waals surface area contributed by atoms with Crippen LogP contribution in [-0.4, -0.2) is 12.8 Å². The molecule has 1 unspecified atom stereocenters. The summed E-state index contributed by atoms with van der Waals surface area (Å²) in [4.78, 5) is 12.6. The van der Waals surface area contributed by atoms with Gasteiger partial charge in [0.05, 0.1) is 17.4 Å². The van der Waals surface area contributed by atoms with E-state index in [9.17, 15) is 18.0 Å². The topological polar surface area (TPSA) is 51.5 Å². The van der Waals surface area contributed by atoms with Crippen molar-refractivity contribution in [2.24, 2.45) is 0 Å². The molecule has 0 aliphatic carbocycles. The maximum absolute atomic E-state index is 12.9. The third-order valence-electron chi connectivity index (χ3n) is 3.45. The van der Waals surface area contributed by atoms with Crippen LogP contribution in [0.25, 0.3) is 5.57 Å². The largest absolute Gasteiger partial charge is 0.465 e. The number of halogens is 3. The lowest BCUT2D eigenvalue weighted by molar-refractivity contribution is -0.137. The van der Waals surface area contributed by atoms with Gasteiger partial charge < -0.3 is 14.5 Å². The summed E-state index contributed by atoms with van der Waals surface area (Å²) >= 11 is 0. The van der Waals surface area contributed by atoms with Crippen LogP contribution in [-0.2, 0) is 15.7 Å². The smallest absolute Gasteiger partial charge is 0.416 e. The fourth-order valence-electron chi connectivity index (χ4n) is 2.41. The second kappa shape index (κ2) is 5.49. The van der Waals surface area contributed by atoms with Crippen molar-refractivity contribution >= 4 is 11.4 Å². The maximum Gasteiger partial charge on any atom is 0.416 e. The van der Waals surface area contributed by atoms with Crippen LogP contribution in [0.3, 0.4) is 0 Å². The molecule has 0 spiro atoms. The van der Waals surface area contributed by atoms with E-state index in [0.29, 0.717) is 5.76 Å². The van der Waals surface area contributed by atoms with Crippen LogP contribution in [0.5, 0.6) is 0 Å². The SMILES string of the molecule is CNC1=C(c2cccc(C(F)(F)F)c2)C(=O)C(c2ccco2)O1. The summed E-state index contributed by atoms with van der Waals surface area (Å²) in [7, 11) is 1.53. The number of rotatable bonds is 3. The molecular formula is C16H12F3NO3. The molecule has 120 valence electrons. The Bertz CT molecular complexity index is 763. The highest BCUT2D eigenvalue weighted by Gasteiger charge is 2.39. The number of carbonyl (C=O) groups excluding carboxylic acids is 1. The summed E-state index contributed by atoms with van der Waals surface area (Å²) < 4.78 is 49.3. The van der Waals surface area contributed by atoms with E-state index in [1.807, 2.05) is 0 Å². The monoisotopic (exact) mass is 323 g/mol. The van der Waals surface area contributed by atoms with Crippen molar-refractivity contribution in [3.05, 3.63) is 65.4 Å². The maximum atomic E-state index is 12.9. The Morgan fingerprint density at radius 1 is 1.17 bits per heavy atom. The quantitative estimate of drug-likeness (QED) is 0.939. The molecule has 1 aliphatic rings. The van der Waals surface area contributed by atoms with Gasteiger partial charge in [-0.1, -0.05) is 12.1 Å².